The first kappa shape index (κ1) is 17.2. The Hall–Kier alpha value is -0.830. The van der Waals surface area contributed by atoms with Crippen molar-refractivity contribution in [1.29, 1.82) is 0 Å². The van der Waals surface area contributed by atoms with Crippen LogP contribution >= 0.6 is 0 Å². The predicted octanol–water partition coefficient (Wildman–Crippen LogP) is 3.30. The first-order valence-corrected chi connectivity index (χ1v) is 7.01. The lowest BCUT2D eigenvalue weighted by molar-refractivity contribution is -0.136. The van der Waals surface area contributed by atoms with Gasteiger partial charge in [-0.25, -0.2) is 4.79 Å². The molecular weight excluding hydrogens is 226 g/mol. The van der Waals surface area contributed by atoms with E-state index in [4.69, 9.17) is 4.74 Å². The average molecular weight is 255 g/mol. The fourth-order valence-electron chi connectivity index (χ4n) is 1.82. The zero-order valence-corrected chi connectivity index (χ0v) is 12.6. The van der Waals surface area contributed by atoms with E-state index in [-0.39, 0.29) is 5.97 Å². The number of hydrogen-bond donors (Lipinski definition) is 1. The fourth-order valence-corrected chi connectivity index (χ4v) is 1.82. The van der Waals surface area contributed by atoms with Gasteiger partial charge in [0.25, 0.3) is 0 Å². The van der Waals surface area contributed by atoms with Crippen LogP contribution in [0, 0.1) is 5.92 Å². The SMILES string of the molecule is CCC(=CCNC(C)CCCC(C)C)C(=O)OC. The summed E-state index contributed by atoms with van der Waals surface area (Å²) in [6.45, 7) is 9.41. The van der Waals surface area contributed by atoms with E-state index in [1.807, 2.05) is 13.0 Å². The summed E-state index contributed by atoms with van der Waals surface area (Å²) in [5.74, 6) is 0.565. The Kier molecular flexibility index (Phi) is 9.66. The second-order valence-electron chi connectivity index (χ2n) is 5.21. The van der Waals surface area contributed by atoms with Crippen LogP contribution in [0.3, 0.4) is 0 Å². The van der Waals surface area contributed by atoms with Crippen molar-refractivity contribution in [3.63, 3.8) is 0 Å². The van der Waals surface area contributed by atoms with E-state index in [0.717, 1.165) is 24.5 Å². The lowest BCUT2D eigenvalue weighted by Gasteiger charge is -2.13. The van der Waals surface area contributed by atoms with Crippen LogP contribution in [0.1, 0.15) is 53.4 Å². The number of ether oxygens (including phenoxy) is 1. The van der Waals surface area contributed by atoms with E-state index >= 15 is 0 Å². The summed E-state index contributed by atoms with van der Waals surface area (Å²) >= 11 is 0. The standard InChI is InChI=1S/C15H29NO2/c1-6-14(15(17)18-5)10-11-16-13(4)9-7-8-12(2)3/h10,12-13,16H,6-9,11H2,1-5H3. The van der Waals surface area contributed by atoms with Crippen LogP contribution in [0.5, 0.6) is 0 Å². The van der Waals surface area contributed by atoms with E-state index in [1.54, 1.807) is 0 Å². The highest BCUT2D eigenvalue weighted by Crippen LogP contribution is 2.08. The topological polar surface area (TPSA) is 38.3 Å². The molecule has 0 aromatic carbocycles. The van der Waals surface area contributed by atoms with Gasteiger partial charge >= 0.3 is 5.97 Å². The second-order valence-corrected chi connectivity index (χ2v) is 5.21. The molecule has 0 aromatic heterocycles. The van der Waals surface area contributed by atoms with Gasteiger partial charge in [-0.2, -0.15) is 0 Å². The lowest BCUT2D eigenvalue weighted by Crippen LogP contribution is -2.26. The Morgan fingerprint density at radius 1 is 1.28 bits per heavy atom. The van der Waals surface area contributed by atoms with E-state index in [2.05, 4.69) is 26.1 Å². The summed E-state index contributed by atoms with van der Waals surface area (Å²) in [5, 5.41) is 3.42. The van der Waals surface area contributed by atoms with E-state index in [9.17, 15) is 4.79 Å². The smallest absolute Gasteiger partial charge is 0.333 e. The van der Waals surface area contributed by atoms with Gasteiger partial charge in [-0.05, 0) is 25.7 Å². The molecule has 3 nitrogen and oxygen atoms in total. The Bertz CT molecular complexity index is 259. The molecule has 0 rings (SSSR count). The molecule has 0 spiro atoms. The summed E-state index contributed by atoms with van der Waals surface area (Å²) in [4.78, 5) is 11.3. The lowest BCUT2D eigenvalue weighted by atomic mass is 10.0. The van der Waals surface area contributed by atoms with Crippen LogP contribution in [0.2, 0.25) is 0 Å². The number of carbonyl (C=O) groups excluding carboxylic acids is 1. The molecule has 0 aliphatic heterocycles. The maximum Gasteiger partial charge on any atom is 0.333 e. The van der Waals surface area contributed by atoms with E-state index in [1.165, 1.54) is 26.4 Å². The number of hydrogen-bond acceptors (Lipinski definition) is 3. The molecule has 0 heterocycles. The summed E-state index contributed by atoms with van der Waals surface area (Å²) < 4.78 is 4.72. The highest BCUT2D eigenvalue weighted by molar-refractivity contribution is 5.88. The number of carbonyl (C=O) groups is 1. The van der Waals surface area contributed by atoms with Crippen LogP contribution < -0.4 is 5.32 Å². The van der Waals surface area contributed by atoms with Crippen molar-refractivity contribution < 1.29 is 9.53 Å². The maximum atomic E-state index is 11.3. The molecule has 0 aromatic rings. The van der Waals surface area contributed by atoms with Gasteiger partial charge in [-0.15, -0.1) is 0 Å². The third-order valence-corrected chi connectivity index (χ3v) is 3.06. The molecule has 0 radical (unpaired) electrons. The molecule has 1 N–H and O–H groups in total. The normalized spacial score (nSPS) is 13.8. The molecule has 18 heavy (non-hydrogen) atoms. The molecule has 0 aliphatic carbocycles. The number of esters is 1. The van der Waals surface area contributed by atoms with Crippen molar-refractivity contribution in [3.05, 3.63) is 11.6 Å². The molecule has 1 unspecified atom stereocenters. The highest BCUT2D eigenvalue weighted by atomic mass is 16.5. The third kappa shape index (κ3) is 8.29. The monoisotopic (exact) mass is 255 g/mol. The van der Waals surface area contributed by atoms with Gasteiger partial charge in [0.05, 0.1) is 7.11 Å². The molecule has 0 saturated carbocycles. The molecule has 0 bridgehead atoms. The number of methoxy groups -OCH3 is 1. The molecule has 0 amide bonds. The zero-order chi connectivity index (χ0) is 14.0. The van der Waals surface area contributed by atoms with Gasteiger partial charge < -0.3 is 10.1 Å². The minimum Gasteiger partial charge on any atom is -0.466 e. The summed E-state index contributed by atoms with van der Waals surface area (Å²) in [7, 11) is 1.42. The third-order valence-electron chi connectivity index (χ3n) is 3.06. The molecule has 0 fully saturated rings. The Morgan fingerprint density at radius 2 is 1.94 bits per heavy atom. The van der Waals surface area contributed by atoms with Gasteiger partial charge in [-0.1, -0.05) is 39.7 Å². The zero-order valence-electron chi connectivity index (χ0n) is 12.6. The molecule has 3 heteroatoms. The second kappa shape index (κ2) is 10.1. The van der Waals surface area contributed by atoms with Crippen molar-refractivity contribution in [3.8, 4) is 0 Å². The highest BCUT2D eigenvalue weighted by Gasteiger charge is 2.06. The van der Waals surface area contributed by atoms with Crippen LogP contribution in [-0.2, 0) is 9.53 Å². The molecular formula is C15H29NO2. The maximum absolute atomic E-state index is 11.3. The molecule has 0 saturated heterocycles. The summed E-state index contributed by atoms with van der Waals surface area (Å²) in [6.07, 6.45) is 6.38. The summed E-state index contributed by atoms with van der Waals surface area (Å²) in [5.41, 5.74) is 0.749. The molecule has 1 atom stereocenters. The van der Waals surface area contributed by atoms with Gasteiger partial charge in [-0.3, -0.25) is 0 Å². The van der Waals surface area contributed by atoms with Crippen molar-refractivity contribution >= 4 is 5.97 Å². The minimum atomic E-state index is -0.216. The van der Waals surface area contributed by atoms with Gasteiger partial charge in [0.2, 0.25) is 0 Å². The molecule has 0 aliphatic rings. The van der Waals surface area contributed by atoms with Crippen LogP contribution in [0.4, 0.5) is 0 Å². The van der Waals surface area contributed by atoms with E-state index < -0.39 is 0 Å². The van der Waals surface area contributed by atoms with E-state index in [0.29, 0.717) is 6.04 Å². The van der Waals surface area contributed by atoms with Crippen LogP contribution in [-0.4, -0.2) is 25.7 Å². The molecule has 106 valence electrons. The van der Waals surface area contributed by atoms with Gasteiger partial charge in [0.1, 0.15) is 0 Å². The number of rotatable bonds is 9. The van der Waals surface area contributed by atoms with Gasteiger partial charge in [0.15, 0.2) is 0 Å². The first-order chi connectivity index (χ1) is 8.51. The Morgan fingerprint density at radius 3 is 2.44 bits per heavy atom. The Balaban J connectivity index is 3.86. The van der Waals surface area contributed by atoms with Crippen LogP contribution in [0.15, 0.2) is 11.6 Å². The Labute approximate surface area is 112 Å². The van der Waals surface area contributed by atoms with Gasteiger partial charge in [0, 0.05) is 18.2 Å². The van der Waals surface area contributed by atoms with Crippen molar-refractivity contribution in [2.75, 3.05) is 13.7 Å². The van der Waals surface area contributed by atoms with Crippen molar-refractivity contribution in [1.82, 2.24) is 5.32 Å². The van der Waals surface area contributed by atoms with Crippen molar-refractivity contribution in [2.24, 2.45) is 5.92 Å². The summed E-state index contributed by atoms with van der Waals surface area (Å²) in [6, 6.07) is 0.496. The average Bonchev–Trinajstić information content (AvgIpc) is 2.33. The largest absolute Gasteiger partial charge is 0.466 e. The minimum absolute atomic E-state index is 0.216. The number of nitrogens with one attached hydrogen (secondary N) is 1. The predicted molar refractivity (Wildman–Crippen MR) is 76.5 cm³/mol. The first-order valence-electron chi connectivity index (χ1n) is 7.01. The fraction of sp³-hybridized carbons (Fsp3) is 0.800. The van der Waals surface area contributed by atoms with Crippen molar-refractivity contribution in [2.45, 2.75) is 59.4 Å². The van der Waals surface area contributed by atoms with Crippen LogP contribution in [0.25, 0.3) is 0 Å². The quantitative estimate of drug-likeness (QED) is 0.507.